The Labute approximate surface area is 218 Å². The molecule has 1 aliphatic heterocycles. The Balaban J connectivity index is 1.27. The number of nitrogens with zero attached hydrogens (tertiary/aromatic N) is 2. The van der Waals surface area contributed by atoms with Gasteiger partial charge >= 0.3 is 6.18 Å². The van der Waals surface area contributed by atoms with Gasteiger partial charge in [-0.25, -0.2) is 8.42 Å². The van der Waals surface area contributed by atoms with Gasteiger partial charge in [-0.05, 0) is 86.5 Å². The average molecular weight is 542 g/mol. The van der Waals surface area contributed by atoms with E-state index in [1.54, 1.807) is 0 Å². The van der Waals surface area contributed by atoms with Crippen LogP contribution < -0.4 is 5.32 Å². The number of hydrogen-bond donors (Lipinski definition) is 1. The van der Waals surface area contributed by atoms with Crippen LogP contribution in [-0.2, 0) is 21.0 Å². The number of carbonyl (C=O) groups is 1. The van der Waals surface area contributed by atoms with Crippen LogP contribution in [-0.4, -0.2) is 60.8 Å². The lowest BCUT2D eigenvalue weighted by Crippen LogP contribution is -2.53. The Morgan fingerprint density at radius 2 is 1.59 bits per heavy atom. The molecule has 1 aromatic rings. The maximum Gasteiger partial charge on any atom is 0.416 e. The molecule has 0 unspecified atom stereocenters. The number of sulfonamides is 1. The van der Waals surface area contributed by atoms with E-state index in [1.807, 2.05) is 0 Å². The van der Waals surface area contributed by atoms with Gasteiger partial charge in [-0.2, -0.15) is 17.5 Å². The van der Waals surface area contributed by atoms with Crippen LogP contribution in [0.15, 0.2) is 29.2 Å². The van der Waals surface area contributed by atoms with Crippen LogP contribution in [0.3, 0.4) is 0 Å². The molecule has 4 fully saturated rings. The molecule has 0 spiro atoms. The maximum absolute atomic E-state index is 13.7. The summed E-state index contributed by atoms with van der Waals surface area (Å²) in [4.78, 5) is 16.0. The lowest BCUT2D eigenvalue weighted by Gasteiger charge is -2.36. The highest BCUT2D eigenvalue weighted by Crippen LogP contribution is 2.43. The summed E-state index contributed by atoms with van der Waals surface area (Å²) in [5, 5.41) is 3.33. The Bertz CT molecular complexity index is 1100. The maximum atomic E-state index is 13.7. The Morgan fingerprint density at radius 1 is 1.00 bits per heavy atom. The smallest absolute Gasteiger partial charge is 0.352 e. The molecule has 4 aliphatic rings. The van der Waals surface area contributed by atoms with Crippen molar-refractivity contribution in [1.82, 2.24) is 14.5 Å². The first-order chi connectivity index (χ1) is 17.2. The summed E-state index contributed by atoms with van der Waals surface area (Å²) in [5.74, 6) is 0.209. The molecule has 1 saturated heterocycles. The Hall–Kier alpha value is -1.65. The van der Waals surface area contributed by atoms with Gasteiger partial charge in [-0.3, -0.25) is 9.69 Å². The summed E-state index contributed by atoms with van der Waals surface area (Å²) in [6, 6.07) is 4.43. The molecule has 0 bridgehead atoms. The van der Waals surface area contributed by atoms with Crippen molar-refractivity contribution in [2.24, 2.45) is 17.3 Å². The molecular weight excluding hydrogens is 503 g/mol. The zero-order valence-electron chi connectivity index (χ0n) is 21.8. The fourth-order valence-corrected chi connectivity index (χ4v) is 7.84. The van der Waals surface area contributed by atoms with Crippen molar-refractivity contribution in [3.8, 4) is 0 Å². The van der Waals surface area contributed by atoms with Crippen LogP contribution in [0.1, 0.15) is 71.3 Å². The SMILES string of the molecule is CC(C)(C)C[C@@H](C(=O)N[C@H]1CC[C@@H]2CN(S(=O)(=O)c3ccc(C(F)(F)F)cc3)C[C@@H]21)N(C1CC1)C1CC1. The molecule has 1 amide bonds. The number of rotatable bonds is 8. The highest BCUT2D eigenvalue weighted by Gasteiger charge is 2.49. The number of amides is 1. The molecule has 206 valence electrons. The average Bonchev–Trinajstić information content (AvgIpc) is 3.73. The van der Waals surface area contributed by atoms with E-state index in [2.05, 4.69) is 31.0 Å². The topological polar surface area (TPSA) is 69.7 Å². The third-order valence-electron chi connectivity index (χ3n) is 8.38. The van der Waals surface area contributed by atoms with Crippen molar-refractivity contribution >= 4 is 15.9 Å². The number of halogens is 3. The largest absolute Gasteiger partial charge is 0.416 e. The van der Waals surface area contributed by atoms with E-state index in [4.69, 9.17) is 0 Å². The van der Waals surface area contributed by atoms with Crippen molar-refractivity contribution in [2.75, 3.05) is 13.1 Å². The number of alkyl halides is 3. The summed E-state index contributed by atoms with van der Waals surface area (Å²) in [7, 11) is -3.91. The van der Waals surface area contributed by atoms with Gasteiger partial charge in [0.1, 0.15) is 0 Å². The highest BCUT2D eigenvalue weighted by atomic mass is 32.2. The van der Waals surface area contributed by atoms with E-state index < -0.39 is 21.8 Å². The molecular formula is C27H38F3N3O3S. The standard InChI is InChI=1S/C27H38F3N3O3S/c1-26(2,3)14-24(33(19-7-8-19)20-9-10-20)25(34)31-23-13-4-17-15-32(16-22(17)23)37(35,36)21-11-5-18(6-12-21)27(28,29)30/h5-6,11-12,17,19-20,22-24H,4,7-10,13-16H2,1-3H3,(H,31,34)/t17-,22+,23+,24+/m1/s1. The van der Waals surface area contributed by atoms with Gasteiger partial charge in [0.05, 0.1) is 16.5 Å². The normalized spacial score (nSPS) is 27.9. The molecule has 4 atom stereocenters. The van der Waals surface area contributed by atoms with E-state index in [0.29, 0.717) is 18.6 Å². The number of benzene rings is 1. The van der Waals surface area contributed by atoms with Crippen LogP contribution in [0, 0.1) is 17.3 Å². The molecule has 6 nitrogen and oxygen atoms in total. The van der Waals surface area contributed by atoms with Crippen molar-refractivity contribution in [3.05, 3.63) is 29.8 Å². The summed E-state index contributed by atoms with van der Waals surface area (Å²) in [5.41, 5.74) is -0.869. The van der Waals surface area contributed by atoms with E-state index in [-0.39, 0.29) is 46.7 Å². The first-order valence-electron chi connectivity index (χ1n) is 13.5. The minimum Gasteiger partial charge on any atom is -0.352 e. The van der Waals surface area contributed by atoms with Gasteiger partial charge in [-0.15, -0.1) is 0 Å². The van der Waals surface area contributed by atoms with Crippen LogP contribution in [0.25, 0.3) is 0 Å². The van der Waals surface area contributed by atoms with Crippen molar-refractivity contribution < 1.29 is 26.4 Å². The second-order valence-corrected chi connectivity index (χ2v) is 14.6. The molecule has 3 aliphatic carbocycles. The first-order valence-corrected chi connectivity index (χ1v) is 14.9. The first kappa shape index (κ1) is 26.9. The molecule has 1 N–H and O–H groups in total. The molecule has 37 heavy (non-hydrogen) atoms. The monoisotopic (exact) mass is 541 g/mol. The highest BCUT2D eigenvalue weighted by molar-refractivity contribution is 7.89. The van der Waals surface area contributed by atoms with E-state index >= 15 is 0 Å². The van der Waals surface area contributed by atoms with Crippen LogP contribution in [0.2, 0.25) is 0 Å². The van der Waals surface area contributed by atoms with Crippen molar-refractivity contribution in [2.45, 2.75) is 101 Å². The summed E-state index contributed by atoms with van der Waals surface area (Å²) >= 11 is 0. The zero-order chi connectivity index (χ0) is 26.8. The number of fused-ring (bicyclic) bond motifs is 1. The number of hydrogen-bond acceptors (Lipinski definition) is 4. The number of nitrogens with one attached hydrogen (secondary N) is 1. The molecule has 5 rings (SSSR count). The third kappa shape index (κ3) is 5.86. The van der Waals surface area contributed by atoms with Gasteiger partial charge < -0.3 is 5.32 Å². The number of carbonyl (C=O) groups excluding carboxylic acids is 1. The molecule has 0 radical (unpaired) electrons. The van der Waals surface area contributed by atoms with E-state index in [1.165, 1.54) is 4.31 Å². The second kappa shape index (κ2) is 9.52. The predicted molar refractivity (Wildman–Crippen MR) is 134 cm³/mol. The summed E-state index contributed by atoms with van der Waals surface area (Å²) in [6.07, 6.45) is 2.51. The molecule has 1 aromatic carbocycles. The molecule has 10 heteroatoms. The van der Waals surface area contributed by atoms with Crippen LogP contribution in [0.5, 0.6) is 0 Å². The third-order valence-corrected chi connectivity index (χ3v) is 10.2. The minimum absolute atomic E-state index is 0.00213. The van der Waals surface area contributed by atoms with Gasteiger partial charge in [-0.1, -0.05) is 20.8 Å². The van der Waals surface area contributed by atoms with Crippen molar-refractivity contribution in [1.29, 1.82) is 0 Å². The lowest BCUT2D eigenvalue weighted by molar-refractivity contribution is -0.137. The van der Waals surface area contributed by atoms with Gasteiger partial charge in [0, 0.05) is 31.2 Å². The van der Waals surface area contributed by atoms with Crippen molar-refractivity contribution in [3.63, 3.8) is 0 Å². The van der Waals surface area contributed by atoms with Crippen LogP contribution >= 0.6 is 0 Å². The van der Waals surface area contributed by atoms with Crippen LogP contribution in [0.4, 0.5) is 13.2 Å². The lowest BCUT2D eigenvalue weighted by atomic mass is 9.86. The van der Waals surface area contributed by atoms with Gasteiger partial charge in [0.2, 0.25) is 15.9 Å². The van der Waals surface area contributed by atoms with Gasteiger partial charge in [0.15, 0.2) is 0 Å². The molecule has 3 saturated carbocycles. The van der Waals surface area contributed by atoms with Gasteiger partial charge in [0.25, 0.3) is 0 Å². The van der Waals surface area contributed by atoms with E-state index in [0.717, 1.165) is 69.2 Å². The molecule has 0 aromatic heterocycles. The fraction of sp³-hybridized carbons (Fsp3) is 0.741. The fourth-order valence-electron chi connectivity index (χ4n) is 6.31. The molecule has 1 heterocycles. The zero-order valence-corrected chi connectivity index (χ0v) is 22.6. The minimum atomic E-state index is -4.52. The quantitative estimate of drug-likeness (QED) is 0.520. The Morgan fingerprint density at radius 3 is 2.11 bits per heavy atom. The second-order valence-electron chi connectivity index (χ2n) is 12.7. The summed E-state index contributed by atoms with van der Waals surface area (Å²) < 4.78 is 66.6. The van der Waals surface area contributed by atoms with E-state index in [9.17, 15) is 26.4 Å². The predicted octanol–water partition coefficient (Wildman–Crippen LogP) is 4.65. The Kier molecular flexibility index (Phi) is 6.93. The summed E-state index contributed by atoms with van der Waals surface area (Å²) in [6.45, 7) is 7.10.